The Morgan fingerprint density at radius 3 is 1.32 bits per heavy atom. The molecule has 354 valence electrons. The average Bonchev–Trinajstić information content (AvgIpc) is 3.94. The molecule has 0 radical (unpaired) electrons. The molecule has 0 unspecified atom stereocenters. The van der Waals surface area contributed by atoms with E-state index in [1.807, 2.05) is 0 Å². The fourth-order valence-corrected chi connectivity index (χ4v) is 12.8. The van der Waals surface area contributed by atoms with Crippen LogP contribution in [0.5, 0.6) is 0 Å². The van der Waals surface area contributed by atoms with Crippen molar-refractivity contribution >= 4 is 27.8 Å². The van der Waals surface area contributed by atoms with Crippen LogP contribution in [0, 0.1) is 0 Å². The van der Waals surface area contributed by atoms with Crippen LogP contribution < -0.4 is 4.90 Å². The molecule has 0 heterocycles. The molecule has 2 aliphatic carbocycles. The molecule has 0 saturated carbocycles. The Kier molecular flexibility index (Phi) is 10.5. The molecule has 12 aromatic carbocycles. The largest absolute Gasteiger partial charge is 0.311 e. The summed E-state index contributed by atoms with van der Waals surface area (Å²) in [5.41, 5.74) is 25.6. The molecule has 14 rings (SSSR count). The van der Waals surface area contributed by atoms with Crippen molar-refractivity contribution in [2.24, 2.45) is 0 Å². The van der Waals surface area contributed by atoms with Crippen LogP contribution in [0.1, 0.15) is 47.2 Å². The van der Waals surface area contributed by atoms with Crippen molar-refractivity contribution in [1.82, 2.24) is 0 Å². The SMILES string of the molecule is CC1(C)c2ccccc2-c2cccc(-c3ccc(N(c4ccc(-c5cccc(-c6ccc7ccccc7c6)c5)cc4)c4ccc(-c5ccc6c(c5)C(c5ccccc5)(c5ccccc5)c5ccccc5-6)cc4)cc3)c21. The molecule has 0 aliphatic heterocycles. The van der Waals surface area contributed by atoms with Gasteiger partial charge in [0, 0.05) is 22.5 Å². The molecule has 0 fully saturated rings. The third kappa shape index (κ3) is 7.22. The number of hydrogen-bond acceptors (Lipinski definition) is 1. The van der Waals surface area contributed by atoms with E-state index in [4.69, 9.17) is 0 Å². The second-order valence-corrected chi connectivity index (χ2v) is 20.8. The van der Waals surface area contributed by atoms with Gasteiger partial charge in [-0.05, 0) is 166 Å². The molecule has 0 atom stereocenters. The quantitative estimate of drug-likeness (QED) is 0.139. The molecule has 12 aromatic rings. The molecule has 0 bridgehead atoms. The molecule has 2 aliphatic rings. The number of nitrogens with zero attached hydrogens (tertiary/aromatic N) is 1. The van der Waals surface area contributed by atoms with Gasteiger partial charge in [-0.25, -0.2) is 0 Å². The minimum Gasteiger partial charge on any atom is -0.311 e. The van der Waals surface area contributed by atoms with Crippen molar-refractivity contribution in [2.45, 2.75) is 24.7 Å². The van der Waals surface area contributed by atoms with Crippen LogP contribution in [0.2, 0.25) is 0 Å². The van der Waals surface area contributed by atoms with E-state index in [1.165, 1.54) is 111 Å². The van der Waals surface area contributed by atoms with Crippen LogP contribution in [-0.2, 0) is 10.8 Å². The van der Waals surface area contributed by atoms with Crippen molar-refractivity contribution in [3.05, 3.63) is 318 Å². The van der Waals surface area contributed by atoms with Crippen molar-refractivity contribution in [1.29, 1.82) is 0 Å². The molecular weight excluding hydrogens is 903 g/mol. The van der Waals surface area contributed by atoms with Gasteiger partial charge in [-0.3, -0.25) is 0 Å². The van der Waals surface area contributed by atoms with Crippen LogP contribution in [0.3, 0.4) is 0 Å². The summed E-state index contributed by atoms with van der Waals surface area (Å²) in [6, 6.07) is 106. The molecule has 75 heavy (non-hydrogen) atoms. The second-order valence-electron chi connectivity index (χ2n) is 20.8. The van der Waals surface area contributed by atoms with Gasteiger partial charge in [0.1, 0.15) is 0 Å². The zero-order chi connectivity index (χ0) is 50.1. The Morgan fingerprint density at radius 2 is 0.680 bits per heavy atom. The van der Waals surface area contributed by atoms with Crippen LogP contribution in [-0.4, -0.2) is 0 Å². The normalized spacial score (nSPS) is 13.4. The lowest BCUT2D eigenvalue weighted by atomic mass is 9.67. The number of rotatable bonds is 9. The van der Waals surface area contributed by atoms with Crippen LogP contribution in [0.15, 0.2) is 285 Å². The second kappa shape index (κ2) is 17.7. The van der Waals surface area contributed by atoms with Crippen molar-refractivity contribution in [3.8, 4) is 66.8 Å². The van der Waals surface area contributed by atoms with E-state index in [2.05, 4.69) is 304 Å². The highest BCUT2D eigenvalue weighted by molar-refractivity contribution is 5.92. The van der Waals surface area contributed by atoms with E-state index in [-0.39, 0.29) is 5.41 Å². The molecule has 0 saturated heterocycles. The highest BCUT2D eigenvalue weighted by atomic mass is 15.1. The maximum absolute atomic E-state index is 2.45. The van der Waals surface area contributed by atoms with Crippen LogP contribution in [0.4, 0.5) is 17.1 Å². The van der Waals surface area contributed by atoms with E-state index in [0.717, 1.165) is 17.1 Å². The Balaban J connectivity index is 0.853. The number of anilines is 3. The first kappa shape index (κ1) is 44.4. The summed E-state index contributed by atoms with van der Waals surface area (Å²) in [6.07, 6.45) is 0. The number of hydrogen-bond donors (Lipinski definition) is 0. The minimum absolute atomic E-state index is 0.112. The molecular formula is C74H53N. The van der Waals surface area contributed by atoms with Gasteiger partial charge in [0.05, 0.1) is 5.41 Å². The van der Waals surface area contributed by atoms with Crippen molar-refractivity contribution in [2.75, 3.05) is 4.90 Å². The van der Waals surface area contributed by atoms with E-state index in [1.54, 1.807) is 0 Å². The Morgan fingerprint density at radius 1 is 0.253 bits per heavy atom. The minimum atomic E-state index is -0.461. The van der Waals surface area contributed by atoms with Gasteiger partial charge in [-0.1, -0.05) is 244 Å². The maximum atomic E-state index is 2.45. The van der Waals surface area contributed by atoms with Gasteiger partial charge in [0.2, 0.25) is 0 Å². The summed E-state index contributed by atoms with van der Waals surface area (Å²) in [5.74, 6) is 0. The van der Waals surface area contributed by atoms with Gasteiger partial charge in [0.15, 0.2) is 0 Å². The monoisotopic (exact) mass is 955 g/mol. The summed E-state index contributed by atoms with van der Waals surface area (Å²) in [5, 5.41) is 2.50. The van der Waals surface area contributed by atoms with Gasteiger partial charge in [0.25, 0.3) is 0 Å². The molecule has 0 aromatic heterocycles. The maximum Gasteiger partial charge on any atom is 0.0713 e. The summed E-state index contributed by atoms with van der Waals surface area (Å²) in [7, 11) is 0. The Labute approximate surface area is 440 Å². The lowest BCUT2D eigenvalue weighted by Crippen LogP contribution is -2.28. The van der Waals surface area contributed by atoms with E-state index < -0.39 is 5.41 Å². The van der Waals surface area contributed by atoms with Crippen LogP contribution >= 0.6 is 0 Å². The predicted molar refractivity (Wildman–Crippen MR) is 315 cm³/mol. The summed E-state index contributed by atoms with van der Waals surface area (Å²) in [6.45, 7) is 4.74. The van der Waals surface area contributed by atoms with Crippen LogP contribution in [0.25, 0.3) is 77.5 Å². The van der Waals surface area contributed by atoms with Crippen molar-refractivity contribution in [3.63, 3.8) is 0 Å². The number of fused-ring (bicyclic) bond motifs is 7. The fraction of sp³-hybridized carbons (Fsp3) is 0.0541. The third-order valence-corrected chi connectivity index (χ3v) is 16.3. The summed E-state index contributed by atoms with van der Waals surface area (Å²) >= 11 is 0. The fourth-order valence-electron chi connectivity index (χ4n) is 12.8. The first-order chi connectivity index (χ1) is 36.9. The zero-order valence-corrected chi connectivity index (χ0v) is 42.1. The van der Waals surface area contributed by atoms with Gasteiger partial charge in [-0.15, -0.1) is 0 Å². The number of benzene rings is 12. The molecule has 1 heteroatoms. The molecule has 1 nitrogen and oxygen atoms in total. The molecule has 0 N–H and O–H groups in total. The first-order valence-corrected chi connectivity index (χ1v) is 26.2. The van der Waals surface area contributed by atoms with E-state index in [9.17, 15) is 0 Å². The predicted octanol–water partition coefficient (Wildman–Crippen LogP) is 19.6. The van der Waals surface area contributed by atoms with E-state index >= 15 is 0 Å². The van der Waals surface area contributed by atoms with Gasteiger partial charge < -0.3 is 4.90 Å². The smallest absolute Gasteiger partial charge is 0.0713 e. The highest BCUT2D eigenvalue weighted by Crippen LogP contribution is 2.57. The Hall–Kier alpha value is -9.30. The lowest BCUT2D eigenvalue weighted by Gasteiger charge is -2.34. The summed E-state index contributed by atoms with van der Waals surface area (Å²) in [4.78, 5) is 2.40. The average molecular weight is 956 g/mol. The standard InChI is InChI=1S/C74H53N/c1-73(2)69-29-13-11-26-66(69)68-28-16-27-64(72(68)73)53-37-44-63(45-38-53)75(61-40-33-51(34-41-61)55-19-15-20-56(47-55)57-32-31-50-17-9-10-18-54(50)48-57)62-42-35-52(36-43-62)58-39-46-67-65-25-12-14-30-70(65)74(71(67)49-58,59-21-5-3-6-22-59)60-23-7-4-8-24-60/h3-49H,1-2H3. The topological polar surface area (TPSA) is 3.24 Å². The molecule has 0 spiro atoms. The highest BCUT2D eigenvalue weighted by Gasteiger charge is 2.46. The van der Waals surface area contributed by atoms with Crippen molar-refractivity contribution < 1.29 is 0 Å². The van der Waals surface area contributed by atoms with E-state index in [0.29, 0.717) is 0 Å². The van der Waals surface area contributed by atoms with Gasteiger partial charge >= 0.3 is 0 Å². The van der Waals surface area contributed by atoms with Gasteiger partial charge in [-0.2, -0.15) is 0 Å². The Bertz CT molecular complexity index is 4070. The lowest BCUT2D eigenvalue weighted by molar-refractivity contribution is 0.662. The third-order valence-electron chi connectivity index (χ3n) is 16.3. The summed E-state index contributed by atoms with van der Waals surface area (Å²) < 4.78 is 0. The zero-order valence-electron chi connectivity index (χ0n) is 42.1. The molecule has 0 amide bonds. The first-order valence-electron chi connectivity index (χ1n) is 26.2.